The zero-order valence-corrected chi connectivity index (χ0v) is 11.1. The van der Waals surface area contributed by atoms with Crippen molar-refractivity contribution in [1.82, 2.24) is 9.88 Å². The van der Waals surface area contributed by atoms with Crippen LogP contribution in [-0.4, -0.2) is 21.8 Å². The van der Waals surface area contributed by atoms with Gasteiger partial charge >= 0.3 is 0 Å². The van der Waals surface area contributed by atoms with E-state index in [1.807, 2.05) is 5.38 Å². The smallest absolute Gasteiger partial charge is 0.254 e. The molecule has 2 aromatic rings. The zero-order chi connectivity index (χ0) is 13.2. The number of nitrogens with zero attached hydrogens (tertiary/aromatic N) is 2. The second-order valence-electron chi connectivity index (χ2n) is 4.60. The molecule has 1 fully saturated rings. The third kappa shape index (κ3) is 2.81. The minimum atomic E-state index is -0.379. The predicted molar refractivity (Wildman–Crippen MR) is 71.4 cm³/mol. The van der Waals surface area contributed by atoms with Crippen LogP contribution in [0.3, 0.4) is 0 Å². The number of aromatic nitrogens is 1. The van der Waals surface area contributed by atoms with Crippen LogP contribution in [0.25, 0.3) is 0 Å². The zero-order valence-electron chi connectivity index (χ0n) is 10.3. The first-order valence-electron chi connectivity index (χ1n) is 6.19. The van der Waals surface area contributed by atoms with Gasteiger partial charge in [0.05, 0.1) is 6.54 Å². The molecule has 1 amide bonds. The van der Waals surface area contributed by atoms with E-state index < -0.39 is 0 Å². The quantitative estimate of drug-likeness (QED) is 0.859. The first-order chi connectivity index (χ1) is 9.24. The summed E-state index contributed by atoms with van der Waals surface area (Å²) in [5.74, 6) is -0.493. The van der Waals surface area contributed by atoms with Gasteiger partial charge in [-0.1, -0.05) is 6.07 Å². The number of benzene rings is 1. The summed E-state index contributed by atoms with van der Waals surface area (Å²) in [7, 11) is 0. The lowest BCUT2D eigenvalue weighted by molar-refractivity contribution is 0.0729. The number of amides is 1. The average Bonchev–Trinajstić information content (AvgIpc) is 3.12. The molecule has 3 rings (SSSR count). The molecule has 98 valence electrons. The maximum Gasteiger partial charge on any atom is 0.254 e. The van der Waals surface area contributed by atoms with E-state index in [1.54, 1.807) is 23.2 Å². The van der Waals surface area contributed by atoms with Crippen molar-refractivity contribution < 1.29 is 9.18 Å². The molecule has 1 aromatic carbocycles. The van der Waals surface area contributed by atoms with Crippen molar-refractivity contribution in [3.63, 3.8) is 0 Å². The lowest BCUT2D eigenvalue weighted by Gasteiger charge is -2.21. The molecule has 1 heterocycles. The maximum absolute atomic E-state index is 13.2. The molecule has 0 aliphatic heterocycles. The molecule has 1 saturated carbocycles. The molecule has 3 nitrogen and oxygen atoms in total. The number of thiazole rings is 1. The number of rotatable bonds is 4. The van der Waals surface area contributed by atoms with E-state index in [4.69, 9.17) is 0 Å². The Bertz CT molecular complexity index is 581. The standard InChI is InChI=1S/C14H13FN2OS/c15-11-3-1-2-10(8-11)14(18)17(12-4-5-12)9-13-16-6-7-19-13/h1-3,6-8,12H,4-5,9H2. The van der Waals surface area contributed by atoms with Crippen LogP contribution >= 0.6 is 11.3 Å². The Labute approximate surface area is 114 Å². The third-order valence-electron chi connectivity index (χ3n) is 3.11. The summed E-state index contributed by atoms with van der Waals surface area (Å²) in [5, 5.41) is 2.81. The van der Waals surface area contributed by atoms with Crippen LogP contribution in [-0.2, 0) is 6.54 Å². The fourth-order valence-electron chi connectivity index (χ4n) is 2.02. The van der Waals surface area contributed by atoms with E-state index in [0.29, 0.717) is 12.1 Å². The van der Waals surface area contributed by atoms with Gasteiger partial charge in [0.25, 0.3) is 5.91 Å². The second-order valence-corrected chi connectivity index (χ2v) is 5.58. The minimum Gasteiger partial charge on any atom is -0.329 e. The molecule has 5 heteroatoms. The normalized spacial score (nSPS) is 14.4. The number of carbonyl (C=O) groups is 1. The number of carbonyl (C=O) groups excluding carboxylic acids is 1. The molecule has 0 bridgehead atoms. The molecule has 0 radical (unpaired) electrons. The van der Waals surface area contributed by atoms with Crippen molar-refractivity contribution in [3.05, 3.63) is 52.2 Å². The molecule has 1 aliphatic carbocycles. The minimum absolute atomic E-state index is 0.114. The summed E-state index contributed by atoms with van der Waals surface area (Å²) in [6.45, 7) is 0.512. The number of hydrogen-bond acceptors (Lipinski definition) is 3. The summed E-state index contributed by atoms with van der Waals surface area (Å²) >= 11 is 1.53. The molecule has 0 spiro atoms. The summed E-state index contributed by atoms with van der Waals surface area (Å²) in [5.41, 5.74) is 0.406. The van der Waals surface area contributed by atoms with Gasteiger partial charge in [-0.15, -0.1) is 11.3 Å². The van der Waals surface area contributed by atoms with Crippen molar-refractivity contribution in [2.75, 3.05) is 0 Å². The highest BCUT2D eigenvalue weighted by Gasteiger charge is 2.33. The molecule has 0 unspecified atom stereocenters. The topological polar surface area (TPSA) is 33.2 Å². The first-order valence-corrected chi connectivity index (χ1v) is 7.07. The van der Waals surface area contributed by atoms with E-state index in [-0.39, 0.29) is 17.8 Å². The molecule has 0 N–H and O–H groups in total. The Kier molecular flexibility index (Phi) is 3.29. The van der Waals surface area contributed by atoms with Gasteiger partial charge in [0.15, 0.2) is 0 Å². The lowest BCUT2D eigenvalue weighted by Crippen LogP contribution is -2.32. The van der Waals surface area contributed by atoms with Gasteiger partial charge in [-0.3, -0.25) is 4.79 Å². The van der Waals surface area contributed by atoms with Gasteiger partial charge in [0, 0.05) is 23.2 Å². The van der Waals surface area contributed by atoms with Crippen LogP contribution in [0.4, 0.5) is 4.39 Å². The van der Waals surface area contributed by atoms with Gasteiger partial charge < -0.3 is 4.90 Å². The number of halogens is 1. The van der Waals surface area contributed by atoms with Gasteiger partial charge in [-0.05, 0) is 31.0 Å². The third-order valence-corrected chi connectivity index (χ3v) is 3.87. The molecule has 19 heavy (non-hydrogen) atoms. The Hall–Kier alpha value is -1.75. The molecule has 0 atom stereocenters. The highest BCUT2D eigenvalue weighted by Crippen LogP contribution is 2.30. The molecule has 1 aliphatic rings. The van der Waals surface area contributed by atoms with E-state index >= 15 is 0 Å². The van der Waals surface area contributed by atoms with E-state index in [2.05, 4.69) is 4.98 Å². The van der Waals surface area contributed by atoms with Gasteiger partial charge in [-0.25, -0.2) is 9.37 Å². The molecular formula is C14H13FN2OS. The van der Waals surface area contributed by atoms with Crippen LogP contribution in [0, 0.1) is 5.82 Å². The molecule has 0 saturated heterocycles. The first kappa shape index (κ1) is 12.3. The van der Waals surface area contributed by atoms with Crippen LogP contribution < -0.4 is 0 Å². The van der Waals surface area contributed by atoms with Gasteiger partial charge in [-0.2, -0.15) is 0 Å². The van der Waals surface area contributed by atoms with E-state index in [0.717, 1.165) is 17.8 Å². The summed E-state index contributed by atoms with van der Waals surface area (Å²) < 4.78 is 13.2. The highest BCUT2D eigenvalue weighted by atomic mass is 32.1. The van der Waals surface area contributed by atoms with Crippen molar-refractivity contribution in [1.29, 1.82) is 0 Å². The Morgan fingerprint density at radius 3 is 2.95 bits per heavy atom. The molecule has 1 aromatic heterocycles. The largest absolute Gasteiger partial charge is 0.329 e. The van der Waals surface area contributed by atoms with Crippen molar-refractivity contribution in [3.8, 4) is 0 Å². The van der Waals surface area contributed by atoms with Gasteiger partial charge in [0.2, 0.25) is 0 Å². The lowest BCUT2D eigenvalue weighted by atomic mass is 10.2. The van der Waals surface area contributed by atoms with Crippen LogP contribution in [0.1, 0.15) is 28.2 Å². The van der Waals surface area contributed by atoms with Crippen LogP contribution in [0.2, 0.25) is 0 Å². The predicted octanol–water partition coefficient (Wildman–Crippen LogP) is 3.09. The SMILES string of the molecule is O=C(c1cccc(F)c1)N(Cc1nccs1)C1CC1. The van der Waals surface area contributed by atoms with Gasteiger partial charge in [0.1, 0.15) is 10.8 Å². The van der Waals surface area contributed by atoms with Crippen LogP contribution in [0.5, 0.6) is 0 Å². The Balaban J connectivity index is 1.82. The monoisotopic (exact) mass is 276 g/mol. The fraction of sp³-hybridized carbons (Fsp3) is 0.286. The fourth-order valence-corrected chi connectivity index (χ4v) is 2.63. The maximum atomic E-state index is 13.2. The Morgan fingerprint density at radius 1 is 1.47 bits per heavy atom. The van der Waals surface area contributed by atoms with Crippen molar-refractivity contribution in [2.45, 2.75) is 25.4 Å². The summed E-state index contributed by atoms with van der Waals surface area (Å²) in [6.07, 6.45) is 3.77. The highest BCUT2D eigenvalue weighted by molar-refractivity contribution is 7.09. The second kappa shape index (κ2) is 5.09. The van der Waals surface area contributed by atoms with Crippen molar-refractivity contribution in [2.24, 2.45) is 0 Å². The average molecular weight is 276 g/mol. The summed E-state index contributed by atoms with van der Waals surface area (Å²) in [4.78, 5) is 18.5. The number of hydrogen-bond donors (Lipinski definition) is 0. The molecular weight excluding hydrogens is 263 g/mol. The Morgan fingerprint density at radius 2 is 2.32 bits per heavy atom. The van der Waals surface area contributed by atoms with E-state index in [1.165, 1.54) is 23.5 Å². The van der Waals surface area contributed by atoms with E-state index in [9.17, 15) is 9.18 Å². The van der Waals surface area contributed by atoms with Crippen LogP contribution in [0.15, 0.2) is 35.8 Å². The van der Waals surface area contributed by atoms with Crippen molar-refractivity contribution >= 4 is 17.2 Å². The summed E-state index contributed by atoms with van der Waals surface area (Å²) in [6, 6.07) is 6.14.